The van der Waals surface area contributed by atoms with Gasteiger partial charge in [-0.2, -0.15) is 10.4 Å². The minimum absolute atomic E-state index is 0.0974. The molecule has 41 heavy (non-hydrogen) atoms. The first-order chi connectivity index (χ1) is 19.5. The molecule has 1 aliphatic rings. The predicted molar refractivity (Wildman–Crippen MR) is 156 cm³/mol. The summed E-state index contributed by atoms with van der Waals surface area (Å²) in [4.78, 5) is 34.4. The van der Waals surface area contributed by atoms with Gasteiger partial charge in [0.25, 0.3) is 0 Å². The van der Waals surface area contributed by atoms with E-state index in [0.29, 0.717) is 56.0 Å². The summed E-state index contributed by atoms with van der Waals surface area (Å²) in [5.74, 6) is 1.59. The van der Waals surface area contributed by atoms with Gasteiger partial charge in [0, 0.05) is 43.5 Å². The van der Waals surface area contributed by atoms with E-state index in [1.807, 2.05) is 39.0 Å². The minimum atomic E-state index is -0.640. The van der Waals surface area contributed by atoms with Gasteiger partial charge in [-0.05, 0) is 58.2 Å². The zero-order valence-corrected chi connectivity index (χ0v) is 24.7. The van der Waals surface area contributed by atoms with Crippen molar-refractivity contribution in [3.63, 3.8) is 0 Å². The lowest BCUT2D eigenvalue weighted by molar-refractivity contribution is -0.134. The van der Waals surface area contributed by atoms with Crippen molar-refractivity contribution < 1.29 is 19.1 Å². The van der Waals surface area contributed by atoms with E-state index in [0.717, 1.165) is 16.9 Å². The van der Waals surface area contributed by atoms with Crippen molar-refractivity contribution in [1.82, 2.24) is 24.8 Å². The van der Waals surface area contributed by atoms with Crippen molar-refractivity contribution >= 4 is 23.3 Å². The average molecular weight is 562 g/mol. The molecule has 1 fully saturated rings. The third-order valence-corrected chi connectivity index (χ3v) is 6.69. The first-order valence-corrected chi connectivity index (χ1v) is 14.0. The summed E-state index contributed by atoms with van der Waals surface area (Å²) in [6.45, 7) is 14.1. The summed E-state index contributed by atoms with van der Waals surface area (Å²) in [6, 6.07) is 7.40. The summed E-state index contributed by atoms with van der Waals surface area (Å²) in [7, 11) is 0. The van der Waals surface area contributed by atoms with Gasteiger partial charge in [0.05, 0.1) is 30.1 Å². The van der Waals surface area contributed by atoms with Crippen LogP contribution in [0.5, 0.6) is 5.75 Å². The molecule has 0 radical (unpaired) electrons. The molecular weight excluding hydrogens is 522 g/mol. The van der Waals surface area contributed by atoms with Gasteiger partial charge in [-0.1, -0.05) is 13.8 Å². The summed E-state index contributed by atoms with van der Waals surface area (Å²) in [6.07, 6.45) is 5.05. The largest absolute Gasteiger partial charge is 0.492 e. The maximum absolute atomic E-state index is 13.4. The van der Waals surface area contributed by atoms with Gasteiger partial charge >= 0.3 is 6.09 Å². The van der Waals surface area contributed by atoms with Crippen molar-refractivity contribution in [2.75, 3.05) is 37.7 Å². The van der Waals surface area contributed by atoms with Crippen LogP contribution in [-0.4, -0.2) is 75.9 Å². The molecule has 11 nitrogen and oxygen atoms in total. The monoisotopic (exact) mass is 561 g/mol. The van der Waals surface area contributed by atoms with Crippen LogP contribution in [0.4, 0.5) is 10.6 Å². The molecule has 0 spiro atoms. The van der Waals surface area contributed by atoms with Crippen molar-refractivity contribution in [2.45, 2.75) is 59.6 Å². The van der Waals surface area contributed by atoms with Crippen LogP contribution in [0.15, 0.2) is 36.8 Å². The SMILES string of the molecule is CCOc1cc(-c2ccc(N3CCN(C(=O)[C@@H](CC(C)C)NC(=O)OC(C)(C)C)CC3)nc2)c2c(C#N)cnn2c1. The molecule has 2 amide bonds. The van der Waals surface area contributed by atoms with E-state index in [2.05, 4.69) is 21.4 Å². The summed E-state index contributed by atoms with van der Waals surface area (Å²) < 4.78 is 12.8. The second kappa shape index (κ2) is 12.5. The topological polar surface area (TPSA) is 125 Å². The Morgan fingerprint density at radius 1 is 1.15 bits per heavy atom. The van der Waals surface area contributed by atoms with E-state index in [9.17, 15) is 14.9 Å². The molecule has 11 heteroatoms. The number of rotatable bonds is 8. The van der Waals surface area contributed by atoms with Crippen molar-refractivity contribution in [3.8, 4) is 22.9 Å². The number of amides is 2. The van der Waals surface area contributed by atoms with Crippen LogP contribution in [0.1, 0.15) is 53.5 Å². The fraction of sp³-hybridized carbons (Fsp3) is 0.500. The van der Waals surface area contributed by atoms with Gasteiger partial charge in [-0.15, -0.1) is 0 Å². The molecule has 0 saturated carbocycles. The molecule has 1 atom stereocenters. The van der Waals surface area contributed by atoms with Crippen LogP contribution in [0.2, 0.25) is 0 Å². The van der Waals surface area contributed by atoms with Gasteiger partial charge in [0.2, 0.25) is 5.91 Å². The number of aromatic nitrogens is 3. The van der Waals surface area contributed by atoms with Crippen molar-refractivity contribution in [2.24, 2.45) is 5.92 Å². The van der Waals surface area contributed by atoms with Gasteiger partial charge in [-0.3, -0.25) is 4.79 Å². The molecule has 3 aromatic heterocycles. The Kier molecular flexibility index (Phi) is 9.01. The molecule has 4 rings (SSSR count). The van der Waals surface area contributed by atoms with Crippen molar-refractivity contribution in [1.29, 1.82) is 5.26 Å². The molecule has 1 N–H and O–H groups in total. The highest BCUT2D eigenvalue weighted by Crippen LogP contribution is 2.31. The lowest BCUT2D eigenvalue weighted by Gasteiger charge is -2.37. The maximum atomic E-state index is 13.4. The Balaban J connectivity index is 1.45. The number of fused-ring (bicyclic) bond motifs is 1. The van der Waals surface area contributed by atoms with Crippen molar-refractivity contribution in [3.05, 3.63) is 42.4 Å². The highest BCUT2D eigenvalue weighted by atomic mass is 16.6. The Morgan fingerprint density at radius 3 is 2.46 bits per heavy atom. The highest BCUT2D eigenvalue weighted by molar-refractivity contribution is 5.86. The molecule has 3 aromatic rings. The van der Waals surface area contributed by atoms with Crippen LogP contribution < -0.4 is 15.0 Å². The Morgan fingerprint density at radius 2 is 1.88 bits per heavy atom. The van der Waals surface area contributed by atoms with E-state index in [4.69, 9.17) is 14.5 Å². The normalized spacial score (nSPS) is 14.6. The predicted octanol–water partition coefficient (Wildman–Crippen LogP) is 4.25. The third-order valence-electron chi connectivity index (χ3n) is 6.69. The molecule has 0 bridgehead atoms. The molecule has 1 saturated heterocycles. The maximum Gasteiger partial charge on any atom is 0.408 e. The summed E-state index contributed by atoms with van der Waals surface area (Å²) in [5, 5.41) is 16.7. The Hall–Kier alpha value is -4.33. The van der Waals surface area contributed by atoms with Gasteiger partial charge in [0.15, 0.2) is 0 Å². The number of hydrogen-bond donors (Lipinski definition) is 1. The van der Waals surface area contributed by atoms with E-state index < -0.39 is 17.7 Å². The number of nitrogens with one attached hydrogen (secondary N) is 1. The zero-order chi connectivity index (χ0) is 29.7. The number of hydrogen-bond acceptors (Lipinski definition) is 8. The lowest BCUT2D eigenvalue weighted by Crippen LogP contribution is -2.55. The second-order valence-electron chi connectivity index (χ2n) is 11.5. The fourth-order valence-electron chi connectivity index (χ4n) is 4.90. The standard InChI is InChI=1S/C30H39N7O4/c1-7-40-23-15-24(27-22(16-31)18-33-37(27)19-23)21-8-9-26(32-17-21)35-10-12-36(13-11-35)28(38)25(14-20(2)3)34-29(39)41-30(4,5)6/h8-9,15,17-20,25H,7,10-14H2,1-6H3,(H,34,39)/t25-/m1/s1. The number of piperazine rings is 1. The zero-order valence-electron chi connectivity index (χ0n) is 24.7. The Bertz CT molecular complexity index is 1410. The van der Waals surface area contributed by atoms with Gasteiger partial charge in [0.1, 0.15) is 29.3 Å². The van der Waals surface area contributed by atoms with Gasteiger partial charge in [-0.25, -0.2) is 14.3 Å². The molecule has 0 aromatic carbocycles. The average Bonchev–Trinajstić information content (AvgIpc) is 3.34. The highest BCUT2D eigenvalue weighted by Gasteiger charge is 2.31. The molecule has 4 heterocycles. The first-order valence-electron chi connectivity index (χ1n) is 14.0. The first kappa shape index (κ1) is 29.6. The van der Waals surface area contributed by atoms with Crippen LogP contribution in [0.3, 0.4) is 0 Å². The van der Waals surface area contributed by atoms with E-state index in [1.54, 1.807) is 48.8 Å². The minimum Gasteiger partial charge on any atom is -0.492 e. The Labute approximate surface area is 241 Å². The molecule has 0 unspecified atom stereocenters. The number of anilines is 1. The second-order valence-corrected chi connectivity index (χ2v) is 11.5. The number of alkyl carbamates (subject to hydrolysis) is 1. The number of nitriles is 1. The van der Waals surface area contributed by atoms with E-state index in [1.165, 1.54) is 0 Å². The quantitative estimate of drug-likeness (QED) is 0.433. The third kappa shape index (κ3) is 7.25. The number of pyridine rings is 2. The van der Waals surface area contributed by atoms with Crippen LogP contribution >= 0.6 is 0 Å². The summed E-state index contributed by atoms with van der Waals surface area (Å²) >= 11 is 0. The lowest BCUT2D eigenvalue weighted by atomic mass is 10.0. The van der Waals surface area contributed by atoms with Crippen LogP contribution in [0, 0.1) is 17.2 Å². The van der Waals surface area contributed by atoms with E-state index >= 15 is 0 Å². The molecular formula is C30H39N7O4. The molecule has 1 aliphatic heterocycles. The number of ether oxygens (including phenoxy) is 2. The van der Waals surface area contributed by atoms with Crippen LogP contribution in [-0.2, 0) is 9.53 Å². The fourth-order valence-corrected chi connectivity index (χ4v) is 4.90. The molecule has 0 aliphatic carbocycles. The number of nitrogens with zero attached hydrogens (tertiary/aromatic N) is 6. The number of carbonyl (C=O) groups excluding carboxylic acids is 2. The summed E-state index contributed by atoms with van der Waals surface area (Å²) in [5.41, 5.74) is 2.20. The smallest absolute Gasteiger partial charge is 0.408 e. The van der Waals surface area contributed by atoms with E-state index in [-0.39, 0.29) is 11.8 Å². The van der Waals surface area contributed by atoms with Crippen LogP contribution in [0.25, 0.3) is 16.6 Å². The van der Waals surface area contributed by atoms with Gasteiger partial charge < -0.3 is 24.6 Å². The molecule has 218 valence electrons. The number of carbonyl (C=O) groups is 2.